The molecule has 0 atom stereocenters. The first kappa shape index (κ1) is 13.2. The highest BCUT2D eigenvalue weighted by Crippen LogP contribution is 2.36. The number of carboxylic acid groups (broad SMARTS) is 1. The lowest BCUT2D eigenvalue weighted by atomic mass is 9.91. The Bertz CT molecular complexity index is 818. The number of furan rings is 1. The normalized spacial score (nSPS) is 10.9. The molecule has 0 aliphatic heterocycles. The van der Waals surface area contributed by atoms with E-state index in [4.69, 9.17) is 4.42 Å². The summed E-state index contributed by atoms with van der Waals surface area (Å²) in [6.07, 6.45) is 2.97. The first-order chi connectivity index (χ1) is 10.1. The van der Waals surface area contributed by atoms with Gasteiger partial charge in [0.2, 0.25) is 0 Å². The number of aliphatic hydroxyl groups is 1. The monoisotopic (exact) mass is 284 g/mol. The van der Waals surface area contributed by atoms with Crippen molar-refractivity contribution >= 4 is 16.7 Å². The largest absolute Gasteiger partial charge is 0.508 e. The number of aliphatic hydroxyl groups excluding tert-OH is 1. The number of fused-ring (bicyclic) bond motifs is 1. The minimum absolute atomic E-state index is 0.00630. The van der Waals surface area contributed by atoms with Crippen LogP contribution in [0.1, 0.15) is 15.9 Å². The summed E-state index contributed by atoms with van der Waals surface area (Å²) in [5.41, 5.74) is 1.60. The predicted molar refractivity (Wildman–Crippen MR) is 76.2 cm³/mol. The molecule has 21 heavy (non-hydrogen) atoms. The Hall–Kier alpha value is -2.79. The van der Waals surface area contributed by atoms with Crippen LogP contribution < -0.4 is 0 Å². The van der Waals surface area contributed by atoms with Crippen LogP contribution in [0.3, 0.4) is 0 Å². The maximum Gasteiger partial charge on any atom is 0.336 e. The van der Waals surface area contributed by atoms with Crippen LogP contribution in [-0.4, -0.2) is 21.3 Å². The molecule has 0 saturated carbocycles. The van der Waals surface area contributed by atoms with Gasteiger partial charge in [-0.25, -0.2) is 4.79 Å². The van der Waals surface area contributed by atoms with E-state index in [1.807, 2.05) is 0 Å². The number of benzene rings is 2. The molecule has 0 saturated heterocycles. The Labute approximate surface area is 119 Å². The maximum atomic E-state index is 11.4. The van der Waals surface area contributed by atoms with Gasteiger partial charge >= 0.3 is 5.97 Å². The smallest absolute Gasteiger partial charge is 0.336 e. The van der Waals surface area contributed by atoms with Crippen LogP contribution in [0.4, 0.5) is 0 Å². The van der Waals surface area contributed by atoms with Gasteiger partial charge in [-0.2, -0.15) is 0 Å². The molecule has 0 spiro atoms. The lowest BCUT2D eigenvalue weighted by Crippen LogP contribution is -2.05. The highest BCUT2D eigenvalue weighted by Gasteiger charge is 2.19. The van der Waals surface area contributed by atoms with Gasteiger partial charge in [-0.3, -0.25) is 0 Å². The van der Waals surface area contributed by atoms with E-state index in [0.29, 0.717) is 22.1 Å². The minimum atomic E-state index is -1.13. The third kappa shape index (κ3) is 2.13. The fraction of sp³-hybridized carbons (Fsp3) is 0.0625. The molecule has 0 unspecified atom stereocenters. The summed E-state index contributed by atoms with van der Waals surface area (Å²) >= 11 is 0. The number of hydrogen-bond donors (Lipinski definition) is 3. The quantitative estimate of drug-likeness (QED) is 0.687. The molecule has 3 aromatic rings. The van der Waals surface area contributed by atoms with Gasteiger partial charge in [0, 0.05) is 11.1 Å². The van der Waals surface area contributed by atoms with Gasteiger partial charge in [0.1, 0.15) is 5.75 Å². The van der Waals surface area contributed by atoms with Crippen molar-refractivity contribution in [1.82, 2.24) is 0 Å². The molecule has 0 fully saturated rings. The zero-order chi connectivity index (χ0) is 15.0. The van der Waals surface area contributed by atoms with Gasteiger partial charge in [0.05, 0.1) is 24.7 Å². The summed E-state index contributed by atoms with van der Waals surface area (Å²) in [4.78, 5) is 11.4. The van der Waals surface area contributed by atoms with Gasteiger partial charge < -0.3 is 19.7 Å². The second-order valence-corrected chi connectivity index (χ2v) is 4.66. The van der Waals surface area contributed by atoms with E-state index in [9.17, 15) is 20.1 Å². The fourth-order valence-electron chi connectivity index (χ4n) is 2.53. The minimum Gasteiger partial charge on any atom is -0.508 e. The molecule has 2 aromatic carbocycles. The van der Waals surface area contributed by atoms with Gasteiger partial charge in [-0.05, 0) is 40.6 Å². The highest BCUT2D eigenvalue weighted by molar-refractivity contribution is 6.05. The van der Waals surface area contributed by atoms with Crippen LogP contribution in [0.2, 0.25) is 0 Å². The van der Waals surface area contributed by atoms with Crippen molar-refractivity contribution in [2.75, 3.05) is 0 Å². The molecule has 106 valence electrons. The number of hydrogen-bond acceptors (Lipinski definition) is 4. The molecule has 5 heteroatoms. The summed E-state index contributed by atoms with van der Waals surface area (Å²) in [6, 6.07) is 7.86. The van der Waals surface area contributed by atoms with Gasteiger partial charge in [0.15, 0.2) is 0 Å². The Morgan fingerprint density at radius 1 is 1.19 bits per heavy atom. The van der Waals surface area contributed by atoms with E-state index < -0.39 is 12.6 Å². The van der Waals surface area contributed by atoms with Gasteiger partial charge in [-0.1, -0.05) is 6.07 Å². The summed E-state index contributed by atoms with van der Waals surface area (Å²) in [6.45, 7) is -0.404. The standard InChI is InChI=1S/C16H12O5/c17-7-14-13(16(19)20)6-10-5-11(18)1-2-12(10)15(14)9-3-4-21-8-9/h1-6,8,17-18H,7H2,(H,19,20). The van der Waals surface area contributed by atoms with Gasteiger partial charge in [0.25, 0.3) is 0 Å². The molecule has 0 aliphatic carbocycles. The summed E-state index contributed by atoms with van der Waals surface area (Å²) in [5, 5.41) is 29.9. The molecule has 1 heterocycles. The summed E-state index contributed by atoms with van der Waals surface area (Å²) in [7, 11) is 0. The lowest BCUT2D eigenvalue weighted by molar-refractivity contribution is 0.0693. The zero-order valence-corrected chi connectivity index (χ0v) is 10.9. The molecular formula is C16H12O5. The number of phenolic OH excluding ortho intramolecular Hbond substituents is 1. The number of aromatic carboxylic acids is 1. The van der Waals surface area contributed by atoms with Gasteiger partial charge in [-0.15, -0.1) is 0 Å². The number of carbonyl (C=O) groups is 1. The zero-order valence-electron chi connectivity index (χ0n) is 10.9. The van der Waals surface area contributed by atoms with E-state index in [0.717, 1.165) is 5.39 Å². The Morgan fingerprint density at radius 3 is 2.62 bits per heavy atom. The average molecular weight is 284 g/mol. The van der Waals surface area contributed by atoms with E-state index in [2.05, 4.69) is 0 Å². The summed E-state index contributed by atoms with van der Waals surface area (Å²) in [5.74, 6) is -1.08. The topological polar surface area (TPSA) is 90.9 Å². The molecule has 3 rings (SSSR count). The van der Waals surface area contributed by atoms with Crippen LogP contribution in [0.25, 0.3) is 21.9 Å². The predicted octanol–water partition coefficient (Wildman–Crippen LogP) is 3.00. The van der Waals surface area contributed by atoms with Crippen molar-refractivity contribution in [2.45, 2.75) is 6.61 Å². The number of rotatable bonds is 3. The van der Waals surface area contributed by atoms with Crippen molar-refractivity contribution in [3.05, 3.63) is 54.0 Å². The Kier molecular flexibility index (Phi) is 3.12. The molecule has 5 nitrogen and oxygen atoms in total. The lowest BCUT2D eigenvalue weighted by Gasteiger charge is -2.14. The van der Waals surface area contributed by atoms with Crippen molar-refractivity contribution < 1.29 is 24.5 Å². The molecular weight excluding hydrogens is 272 g/mol. The molecule has 3 N–H and O–H groups in total. The molecule has 0 aliphatic rings. The van der Waals surface area contributed by atoms with Crippen LogP contribution in [-0.2, 0) is 6.61 Å². The Balaban J connectivity index is 2.48. The number of carboxylic acids is 1. The second kappa shape index (κ2) is 4.96. The van der Waals surface area contributed by atoms with E-state index in [-0.39, 0.29) is 11.3 Å². The van der Waals surface area contributed by atoms with E-state index in [1.54, 1.807) is 12.1 Å². The van der Waals surface area contributed by atoms with Crippen molar-refractivity contribution in [3.8, 4) is 16.9 Å². The van der Waals surface area contributed by atoms with E-state index in [1.165, 1.54) is 30.7 Å². The first-order valence-corrected chi connectivity index (χ1v) is 6.27. The summed E-state index contributed by atoms with van der Waals surface area (Å²) < 4.78 is 5.06. The second-order valence-electron chi connectivity index (χ2n) is 4.66. The van der Waals surface area contributed by atoms with Crippen LogP contribution in [0.15, 0.2) is 47.3 Å². The highest BCUT2D eigenvalue weighted by atomic mass is 16.4. The fourth-order valence-corrected chi connectivity index (χ4v) is 2.53. The SMILES string of the molecule is O=C(O)c1cc2cc(O)ccc2c(-c2ccoc2)c1CO. The molecule has 0 bridgehead atoms. The van der Waals surface area contributed by atoms with Crippen LogP contribution in [0.5, 0.6) is 5.75 Å². The average Bonchev–Trinajstić information content (AvgIpc) is 2.98. The third-order valence-electron chi connectivity index (χ3n) is 3.43. The Morgan fingerprint density at radius 2 is 2.00 bits per heavy atom. The molecule has 1 aromatic heterocycles. The van der Waals surface area contributed by atoms with Crippen LogP contribution >= 0.6 is 0 Å². The number of aromatic hydroxyl groups is 1. The van der Waals surface area contributed by atoms with Crippen molar-refractivity contribution in [3.63, 3.8) is 0 Å². The number of phenols is 1. The third-order valence-corrected chi connectivity index (χ3v) is 3.43. The van der Waals surface area contributed by atoms with Crippen molar-refractivity contribution in [1.29, 1.82) is 0 Å². The maximum absolute atomic E-state index is 11.4. The van der Waals surface area contributed by atoms with Crippen molar-refractivity contribution in [2.24, 2.45) is 0 Å². The van der Waals surface area contributed by atoms with Crippen LogP contribution in [0, 0.1) is 0 Å². The molecule has 0 amide bonds. The molecule has 0 radical (unpaired) electrons. The van der Waals surface area contributed by atoms with E-state index >= 15 is 0 Å². The first-order valence-electron chi connectivity index (χ1n) is 6.27.